The fourth-order valence-corrected chi connectivity index (χ4v) is 3.94. The lowest BCUT2D eigenvalue weighted by Gasteiger charge is -2.26. The Balaban J connectivity index is 2.23. The van der Waals surface area contributed by atoms with Gasteiger partial charge in [0.25, 0.3) is 0 Å². The molecule has 0 fully saturated rings. The molecule has 1 aliphatic carbocycles. The van der Waals surface area contributed by atoms with Gasteiger partial charge in [-0.15, -0.1) is 0 Å². The Kier molecular flexibility index (Phi) is 8.43. The monoisotopic (exact) mass is 460 g/mol. The predicted molar refractivity (Wildman–Crippen MR) is 146 cm³/mol. The van der Waals surface area contributed by atoms with Crippen molar-refractivity contribution >= 4 is 11.4 Å². The van der Waals surface area contributed by atoms with Crippen molar-refractivity contribution in [3.8, 4) is 11.4 Å². The van der Waals surface area contributed by atoms with E-state index < -0.39 is 0 Å². The lowest BCUT2D eigenvalue weighted by Crippen LogP contribution is -2.28. The smallest absolute Gasteiger partial charge is 0.0991 e. The second-order valence-corrected chi connectivity index (χ2v) is 12.1. The average Bonchev–Trinajstić information content (AvgIpc) is 2.77. The van der Waals surface area contributed by atoms with Gasteiger partial charge in [-0.1, -0.05) is 68.2 Å². The first-order valence-electron chi connectivity index (χ1n) is 13.1. The molecular weight excluding hydrogens is 416 g/mol. The van der Waals surface area contributed by atoms with Gasteiger partial charge in [0.05, 0.1) is 22.8 Å². The minimum Gasteiger partial charge on any atom is -0.282 e. The number of aryl methyl sites for hydroxylation is 2. The highest BCUT2D eigenvalue weighted by atomic mass is 14.9. The SMILES string of the molecule is CCCCc1ccc2c(n1)-c1nc(CCCC)ccc1C(=N/CC(C)(C)C)/C2=N\CC(C)(C)C. The topological polar surface area (TPSA) is 50.5 Å². The van der Waals surface area contributed by atoms with Crippen LogP contribution in [0.3, 0.4) is 0 Å². The van der Waals surface area contributed by atoms with Crippen LogP contribution in [-0.4, -0.2) is 34.5 Å². The van der Waals surface area contributed by atoms with Crippen LogP contribution in [0.4, 0.5) is 0 Å². The van der Waals surface area contributed by atoms with Crippen molar-refractivity contribution in [3.05, 3.63) is 46.8 Å². The molecule has 2 aromatic rings. The zero-order valence-corrected chi connectivity index (χ0v) is 22.8. The largest absolute Gasteiger partial charge is 0.282 e. The zero-order chi connectivity index (χ0) is 24.9. The number of nitrogens with zero attached hydrogens (tertiary/aromatic N) is 4. The first-order chi connectivity index (χ1) is 16.0. The molecule has 2 aromatic heterocycles. The molecule has 0 saturated heterocycles. The number of aromatic nitrogens is 2. The molecule has 0 radical (unpaired) electrons. The maximum absolute atomic E-state index is 5.16. The van der Waals surface area contributed by atoms with Crippen LogP contribution < -0.4 is 0 Å². The lowest BCUT2D eigenvalue weighted by molar-refractivity contribution is 0.428. The van der Waals surface area contributed by atoms with E-state index in [-0.39, 0.29) is 10.8 Å². The Morgan fingerprint density at radius 3 is 1.32 bits per heavy atom. The number of hydrogen-bond donors (Lipinski definition) is 0. The van der Waals surface area contributed by atoms with Gasteiger partial charge >= 0.3 is 0 Å². The summed E-state index contributed by atoms with van der Waals surface area (Å²) in [5.74, 6) is 0. The minimum atomic E-state index is 0.0966. The van der Waals surface area contributed by atoms with Crippen molar-refractivity contribution in [2.24, 2.45) is 20.8 Å². The summed E-state index contributed by atoms with van der Waals surface area (Å²) in [6.07, 6.45) is 6.60. The molecule has 0 amide bonds. The lowest BCUT2D eigenvalue weighted by atomic mass is 9.87. The summed E-state index contributed by atoms with van der Waals surface area (Å²) >= 11 is 0. The molecule has 0 aliphatic heterocycles. The molecular formula is C30H44N4. The van der Waals surface area contributed by atoms with E-state index in [1.54, 1.807) is 0 Å². The number of hydrogen-bond acceptors (Lipinski definition) is 4. The zero-order valence-electron chi connectivity index (χ0n) is 22.8. The molecule has 4 nitrogen and oxygen atoms in total. The summed E-state index contributed by atoms with van der Waals surface area (Å²) < 4.78 is 0. The summed E-state index contributed by atoms with van der Waals surface area (Å²) in [5, 5.41) is 0. The van der Waals surface area contributed by atoms with Gasteiger partial charge in [0.15, 0.2) is 0 Å². The molecule has 0 atom stereocenters. The van der Waals surface area contributed by atoms with Crippen molar-refractivity contribution in [1.82, 2.24) is 9.97 Å². The van der Waals surface area contributed by atoms with Gasteiger partial charge < -0.3 is 0 Å². The van der Waals surface area contributed by atoms with E-state index in [4.69, 9.17) is 20.0 Å². The second-order valence-electron chi connectivity index (χ2n) is 12.1. The van der Waals surface area contributed by atoms with Crippen LogP contribution in [0.15, 0.2) is 34.3 Å². The summed E-state index contributed by atoms with van der Waals surface area (Å²) in [6.45, 7) is 19.3. The van der Waals surface area contributed by atoms with E-state index in [0.717, 1.165) is 96.9 Å². The van der Waals surface area contributed by atoms with Crippen molar-refractivity contribution < 1.29 is 0 Å². The first kappa shape index (κ1) is 26.2. The molecule has 0 bridgehead atoms. The van der Waals surface area contributed by atoms with Gasteiger partial charge in [0.2, 0.25) is 0 Å². The van der Waals surface area contributed by atoms with Gasteiger partial charge in [-0.25, -0.2) is 0 Å². The first-order valence-corrected chi connectivity index (χ1v) is 13.1. The number of unbranched alkanes of at least 4 members (excludes halogenated alkanes) is 2. The minimum absolute atomic E-state index is 0.0966. The summed E-state index contributed by atoms with van der Waals surface area (Å²) in [5.41, 5.74) is 8.51. The molecule has 184 valence electrons. The number of rotatable bonds is 8. The van der Waals surface area contributed by atoms with Crippen LogP contribution in [-0.2, 0) is 12.8 Å². The summed E-state index contributed by atoms with van der Waals surface area (Å²) in [4.78, 5) is 20.6. The van der Waals surface area contributed by atoms with Crippen molar-refractivity contribution in [1.29, 1.82) is 0 Å². The van der Waals surface area contributed by atoms with Crippen LogP contribution in [0.1, 0.15) is 104 Å². The molecule has 1 aliphatic rings. The summed E-state index contributed by atoms with van der Waals surface area (Å²) in [6, 6.07) is 8.78. The summed E-state index contributed by atoms with van der Waals surface area (Å²) in [7, 11) is 0. The Morgan fingerprint density at radius 2 is 1.00 bits per heavy atom. The molecule has 3 rings (SSSR count). The van der Waals surface area contributed by atoms with E-state index >= 15 is 0 Å². The van der Waals surface area contributed by atoms with Gasteiger partial charge in [-0.05, 0) is 60.8 Å². The number of fused-ring (bicyclic) bond motifs is 3. The van der Waals surface area contributed by atoms with Gasteiger partial charge in [0, 0.05) is 35.6 Å². The number of aliphatic imine (C=N–C) groups is 2. The maximum atomic E-state index is 5.16. The van der Waals surface area contributed by atoms with Gasteiger partial charge in [0.1, 0.15) is 0 Å². The molecule has 0 spiro atoms. The van der Waals surface area contributed by atoms with Gasteiger partial charge in [-0.2, -0.15) is 0 Å². The van der Waals surface area contributed by atoms with Crippen LogP contribution in [0.5, 0.6) is 0 Å². The highest BCUT2D eigenvalue weighted by molar-refractivity contribution is 6.56. The third-order valence-electron chi connectivity index (χ3n) is 5.86. The molecule has 34 heavy (non-hydrogen) atoms. The molecule has 0 saturated carbocycles. The van der Waals surface area contributed by atoms with Crippen LogP contribution >= 0.6 is 0 Å². The van der Waals surface area contributed by atoms with E-state index in [1.807, 2.05) is 0 Å². The highest BCUT2D eigenvalue weighted by Gasteiger charge is 2.30. The van der Waals surface area contributed by atoms with Crippen molar-refractivity contribution in [2.45, 2.75) is 93.9 Å². The Bertz CT molecular complexity index is 963. The average molecular weight is 461 g/mol. The fraction of sp³-hybridized carbons (Fsp3) is 0.600. The van der Waals surface area contributed by atoms with Crippen molar-refractivity contribution in [2.75, 3.05) is 13.1 Å². The predicted octanol–water partition coefficient (Wildman–Crippen LogP) is 7.51. The quantitative estimate of drug-likeness (QED) is 0.409. The molecule has 0 aromatic carbocycles. The molecule has 0 unspecified atom stereocenters. The van der Waals surface area contributed by atoms with E-state index in [2.05, 4.69) is 79.7 Å². The fourth-order valence-electron chi connectivity index (χ4n) is 3.94. The van der Waals surface area contributed by atoms with E-state index in [1.165, 1.54) is 0 Å². The van der Waals surface area contributed by atoms with Gasteiger partial charge in [-0.3, -0.25) is 20.0 Å². The molecule has 4 heteroatoms. The normalized spacial score (nSPS) is 16.1. The van der Waals surface area contributed by atoms with Crippen LogP contribution in [0.2, 0.25) is 0 Å². The van der Waals surface area contributed by atoms with Crippen LogP contribution in [0, 0.1) is 10.8 Å². The third kappa shape index (κ3) is 6.84. The molecule has 2 heterocycles. The van der Waals surface area contributed by atoms with E-state index in [0.29, 0.717) is 0 Å². The van der Waals surface area contributed by atoms with Crippen LogP contribution in [0.25, 0.3) is 11.4 Å². The Labute approximate surface area is 207 Å². The third-order valence-corrected chi connectivity index (χ3v) is 5.86. The molecule has 0 N–H and O–H groups in total. The highest BCUT2D eigenvalue weighted by Crippen LogP contribution is 2.33. The maximum Gasteiger partial charge on any atom is 0.0991 e. The Morgan fingerprint density at radius 1 is 0.618 bits per heavy atom. The number of pyridine rings is 2. The standard InChI is InChI=1S/C30H44N4/c1-9-11-13-21-15-17-23-25(31-19-29(3,4)5)26(32-20-30(6,7)8)24-18-16-22(14-12-10-2)34-28(24)27(23)33-21/h15-18H,9-14,19-20H2,1-8H3/b31-25-,32-26-. The second kappa shape index (κ2) is 10.9. The van der Waals surface area contributed by atoms with E-state index in [9.17, 15) is 0 Å². The Hall–Kier alpha value is -2.36. The van der Waals surface area contributed by atoms with Crippen molar-refractivity contribution in [3.63, 3.8) is 0 Å².